The molecule has 2 aromatic heterocycles. The Hall–Kier alpha value is -1.79. The molecule has 0 radical (unpaired) electrons. The minimum atomic E-state index is -0.170. The Labute approximate surface area is 128 Å². The van der Waals surface area contributed by atoms with Crippen molar-refractivity contribution in [1.29, 1.82) is 0 Å². The SMILES string of the molecule is CCN(C(=O)Cc1csc(-c2ccccn2)n1)[C@@H](C)CO. The van der Waals surface area contributed by atoms with E-state index in [-0.39, 0.29) is 25.0 Å². The molecule has 0 aliphatic carbocycles. The fraction of sp³-hybridized carbons (Fsp3) is 0.400. The molecule has 5 nitrogen and oxygen atoms in total. The van der Waals surface area contributed by atoms with Crippen LogP contribution in [0.15, 0.2) is 29.8 Å². The van der Waals surface area contributed by atoms with E-state index in [4.69, 9.17) is 0 Å². The van der Waals surface area contributed by atoms with Crippen LogP contribution >= 0.6 is 11.3 Å². The maximum Gasteiger partial charge on any atom is 0.228 e. The van der Waals surface area contributed by atoms with Gasteiger partial charge in [-0.1, -0.05) is 6.07 Å². The van der Waals surface area contributed by atoms with Crippen LogP contribution in [0, 0.1) is 0 Å². The minimum absolute atomic E-state index is 0.0167. The molecule has 2 heterocycles. The summed E-state index contributed by atoms with van der Waals surface area (Å²) in [5, 5.41) is 11.9. The van der Waals surface area contributed by atoms with Gasteiger partial charge in [-0.05, 0) is 26.0 Å². The summed E-state index contributed by atoms with van der Waals surface area (Å²) in [7, 11) is 0. The zero-order chi connectivity index (χ0) is 15.2. The van der Waals surface area contributed by atoms with Crippen LogP contribution in [0.2, 0.25) is 0 Å². The lowest BCUT2D eigenvalue weighted by molar-refractivity contribution is -0.133. The van der Waals surface area contributed by atoms with Crippen molar-refractivity contribution < 1.29 is 9.90 Å². The Balaban J connectivity index is 2.07. The molecule has 6 heteroatoms. The lowest BCUT2D eigenvalue weighted by Gasteiger charge is -2.26. The van der Waals surface area contributed by atoms with Gasteiger partial charge in [-0.15, -0.1) is 11.3 Å². The molecule has 1 amide bonds. The Morgan fingerprint density at radius 1 is 1.48 bits per heavy atom. The lowest BCUT2D eigenvalue weighted by Crippen LogP contribution is -2.41. The first kappa shape index (κ1) is 15.6. The van der Waals surface area contributed by atoms with E-state index < -0.39 is 0 Å². The van der Waals surface area contributed by atoms with Crippen LogP contribution in [0.4, 0.5) is 0 Å². The van der Waals surface area contributed by atoms with Crippen molar-refractivity contribution in [3.63, 3.8) is 0 Å². The normalized spacial score (nSPS) is 12.1. The van der Waals surface area contributed by atoms with Crippen LogP contribution < -0.4 is 0 Å². The van der Waals surface area contributed by atoms with Crippen LogP contribution in [0.25, 0.3) is 10.7 Å². The second-order valence-electron chi connectivity index (χ2n) is 4.75. The standard InChI is InChI=1S/C15H19N3O2S/c1-3-18(11(2)9-19)14(20)8-12-10-21-15(17-12)13-6-4-5-7-16-13/h4-7,10-11,19H,3,8-9H2,1-2H3/t11-/m0/s1. The van der Waals surface area contributed by atoms with Crippen molar-refractivity contribution in [2.45, 2.75) is 26.3 Å². The van der Waals surface area contributed by atoms with Gasteiger partial charge < -0.3 is 10.0 Å². The smallest absolute Gasteiger partial charge is 0.228 e. The van der Waals surface area contributed by atoms with Crippen molar-refractivity contribution in [2.75, 3.05) is 13.2 Å². The average Bonchev–Trinajstić information content (AvgIpc) is 2.97. The van der Waals surface area contributed by atoms with Crippen molar-refractivity contribution in [2.24, 2.45) is 0 Å². The largest absolute Gasteiger partial charge is 0.394 e. The summed E-state index contributed by atoms with van der Waals surface area (Å²) in [6.45, 7) is 4.29. The zero-order valence-electron chi connectivity index (χ0n) is 12.2. The van der Waals surface area contributed by atoms with Gasteiger partial charge in [0.15, 0.2) is 0 Å². The third-order valence-corrected chi connectivity index (χ3v) is 4.14. The number of aliphatic hydroxyl groups excluding tert-OH is 1. The molecule has 2 aromatic rings. The highest BCUT2D eigenvalue weighted by Crippen LogP contribution is 2.21. The number of hydrogen-bond acceptors (Lipinski definition) is 5. The molecular formula is C15H19N3O2S. The first-order chi connectivity index (χ1) is 10.2. The van der Waals surface area contributed by atoms with E-state index in [0.717, 1.165) is 16.4 Å². The number of nitrogens with zero attached hydrogens (tertiary/aromatic N) is 3. The van der Waals surface area contributed by atoms with E-state index in [1.807, 2.05) is 37.4 Å². The maximum absolute atomic E-state index is 12.3. The van der Waals surface area contributed by atoms with Gasteiger partial charge in [-0.25, -0.2) is 4.98 Å². The van der Waals surface area contributed by atoms with E-state index >= 15 is 0 Å². The van der Waals surface area contributed by atoms with Gasteiger partial charge in [0.2, 0.25) is 5.91 Å². The molecule has 0 unspecified atom stereocenters. The Morgan fingerprint density at radius 2 is 2.29 bits per heavy atom. The molecule has 0 bridgehead atoms. The number of carbonyl (C=O) groups excluding carboxylic acids is 1. The Bertz CT molecular complexity index is 586. The summed E-state index contributed by atoms with van der Waals surface area (Å²) < 4.78 is 0. The predicted octanol–water partition coefficient (Wildman–Crippen LogP) is 1.98. The van der Waals surface area contributed by atoms with Crippen LogP contribution in [0.1, 0.15) is 19.5 Å². The summed E-state index contributed by atoms with van der Waals surface area (Å²) in [5.74, 6) is -0.0167. The molecule has 0 aliphatic heterocycles. The first-order valence-corrected chi connectivity index (χ1v) is 7.79. The molecule has 0 saturated carbocycles. The lowest BCUT2D eigenvalue weighted by atomic mass is 10.2. The fourth-order valence-corrected chi connectivity index (χ4v) is 2.88. The van der Waals surface area contributed by atoms with Crippen LogP contribution in [-0.2, 0) is 11.2 Å². The van der Waals surface area contributed by atoms with Crippen molar-refractivity contribution in [1.82, 2.24) is 14.9 Å². The summed E-state index contributed by atoms with van der Waals surface area (Å²) >= 11 is 1.48. The second-order valence-corrected chi connectivity index (χ2v) is 5.61. The number of hydrogen-bond donors (Lipinski definition) is 1. The molecule has 21 heavy (non-hydrogen) atoms. The molecule has 0 saturated heterocycles. The third-order valence-electron chi connectivity index (χ3n) is 3.23. The number of likely N-dealkylation sites (N-methyl/N-ethyl adjacent to an activating group) is 1. The van der Waals surface area contributed by atoms with E-state index in [2.05, 4.69) is 9.97 Å². The molecule has 0 fully saturated rings. The van der Waals surface area contributed by atoms with Gasteiger partial charge in [-0.3, -0.25) is 9.78 Å². The number of rotatable bonds is 6. The molecule has 2 rings (SSSR count). The molecule has 1 N–H and O–H groups in total. The van der Waals surface area contributed by atoms with Gasteiger partial charge in [0, 0.05) is 18.1 Å². The first-order valence-electron chi connectivity index (χ1n) is 6.91. The number of aromatic nitrogens is 2. The topological polar surface area (TPSA) is 66.3 Å². The highest BCUT2D eigenvalue weighted by Gasteiger charge is 2.19. The second kappa shape index (κ2) is 7.28. The molecule has 112 valence electrons. The third kappa shape index (κ3) is 3.86. The Morgan fingerprint density at radius 3 is 2.90 bits per heavy atom. The van der Waals surface area contributed by atoms with Crippen molar-refractivity contribution in [3.05, 3.63) is 35.5 Å². The van der Waals surface area contributed by atoms with Crippen LogP contribution in [0.3, 0.4) is 0 Å². The van der Waals surface area contributed by atoms with Crippen LogP contribution in [0.5, 0.6) is 0 Å². The van der Waals surface area contributed by atoms with Gasteiger partial charge in [-0.2, -0.15) is 0 Å². The van der Waals surface area contributed by atoms with Crippen molar-refractivity contribution in [3.8, 4) is 10.7 Å². The van der Waals surface area contributed by atoms with Gasteiger partial charge in [0.05, 0.1) is 30.5 Å². The maximum atomic E-state index is 12.3. The van der Waals surface area contributed by atoms with E-state index in [0.29, 0.717) is 6.54 Å². The van der Waals surface area contributed by atoms with Gasteiger partial charge in [0.25, 0.3) is 0 Å². The average molecular weight is 305 g/mol. The van der Waals surface area contributed by atoms with Crippen LogP contribution in [-0.4, -0.2) is 45.1 Å². The highest BCUT2D eigenvalue weighted by atomic mass is 32.1. The fourth-order valence-electron chi connectivity index (χ4n) is 2.08. The molecule has 0 spiro atoms. The van der Waals surface area contributed by atoms with E-state index in [1.165, 1.54) is 11.3 Å². The van der Waals surface area contributed by atoms with E-state index in [1.54, 1.807) is 11.1 Å². The summed E-state index contributed by atoms with van der Waals surface area (Å²) in [6, 6.07) is 5.50. The summed E-state index contributed by atoms with van der Waals surface area (Å²) in [6.07, 6.45) is 1.98. The summed E-state index contributed by atoms with van der Waals surface area (Å²) in [4.78, 5) is 22.6. The number of carbonyl (C=O) groups is 1. The van der Waals surface area contributed by atoms with Gasteiger partial charge in [0.1, 0.15) is 5.01 Å². The highest BCUT2D eigenvalue weighted by molar-refractivity contribution is 7.13. The molecule has 0 aliphatic rings. The molecular weight excluding hydrogens is 286 g/mol. The quantitative estimate of drug-likeness (QED) is 0.886. The molecule has 0 aromatic carbocycles. The van der Waals surface area contributed by atoms with Crippen molar-refractivity contribution >= 4 is 17.2 Å². The number of aliphatic hydroxyl groups is 1. The minimum Gasteiger partial charge on any atom is -0.394 e. The number of thiazole rings is 1. The number of pyridine rings is 1. The zero-order valence-corrected chi connectivity index (χ0v) is 13.0. The van der Waals surface area contributed by atoms with Gasteiger partial charge >= 0.3 is 0 Å². The number of amides is 1. The summed E-state index contributed by atoms with van der Waals surface area (Å²) in [5.41, 5.74) is 1.56. The van der Waals surface area contributed by atoms with E-state index in [9.17, 15) is 9.90 Å². The monoisotopic (exact) mass is 305 g/mol. The Kier molecular flexibility index (Phi) is 5.41. The predicted molar refractivity (Wildman–Crippen MR) is 83.0 cm³/mol. The molecule has 1 atom stereocenters.